The van der Waals surface area contributed by atoms with Crippen molar-refractivity contribution in [3.63, 3.8) is 0 Å². The third kappa shape index (κ3) is 4.46. The lowest BCUT2D eigenvalue weighted by atomic mass is 9.98. The van der Waals surface area contributed by atoms with Gasteiger partial charge in [-0.05, 0) is 38.1 Å². The Morgan fingerprint density at radius 3 is 1.75 bits per heavy atom. The molecule has 0 aliphatic rings. The molecule has 3 aromatic carbocycles. The highest BCUT2D eigenvalue weighted by molar-refractivity contribution is 6.02. The van der Waals surface area contributed by atoms with Gasteiger partial charge < -0.3 is 9.47 Å². The normalized spacial score (nSPS) is 11.5. The number of hydrogen-bond donors (Lipinski definition) is 0. The number of carbonyl (C=O) groups excluding carboxylic acids is 2. The van der Waals surface area contributed by atoms with Crippen LogP contribution >= 0.6 is 0 Å². The highest BCUT2D eigenvalue weighted by atomic mass is 16.5. The second kappa shape index (κ2) is 8.53. The molecular weight excluding hydrogens is 352 g/mol. The number of benzene rings is 3. The summed E-state index contributed by atoms with van der Waals surface area (Å²) in [5.74, 6) is -0.179. The van der Waals surface area contributed by atoms with Crippen molar-refractivity contribution in [2.24, 2.45) is 0 Å². The van der Waals surface area contributed by atoms with Gasteiger partial charge in [0.2, 0.25) is 5.78 Å². The first-order chi connectivity index (χ1) is 13.5. The molecule has 0 aliphatic heterocycles. The molecule has 0 amide bonds. The molecule has 3 aromatic rings. The van der Waals surface area contributed by atoms with Crippen molar-refractivity contribution in [3.8, 4) is 5.75 Å². The van der Waals surface area contributed by atoms with Crippen molar-refractivity contribution in [1.82, 2.24) is 0 Å². The maximum Gasteiger partial charge on any atom is 0.339 e. The summed E-state index contributed by atoms with van der Waals surface area (Å²) in [6, 6.07) is 21.2. The second-order valence-corrected chi connectivity index (χ2v) is 6.65. The smallest absolute Gasteiger partial charge is 0.339 e. The van der Waals surface area contributed by atoms with Gasteiger partial charge in [-0.15, -0.1) is 0 Å². The molecular formula is C24H22O4. The Balaban J connectivity index is 1.91. The molecule has 0 spiro atoms. The molecule has 0 fully saturated rings. The summed E-state index contributed by atoms with van der Waals surface area (Å²) in [6.45, 7) is 3.92. The third-order valence-corrected chi connectivity index (χ3v) is 4.50. The SMILES string of the molecule is COc1ccc(C(=O)O[C@H](C(=O)c2ccc(C)cc2)c2ccc(C)cc2)cc1. The zero-order valence-electron chi connectivity index (χ0n) is 16.1. The number of aryl methyl sites for hydroxylation is 2. The zero-order valence-corrected chi connectivity index (χ0v) is 16.1. The molecule has 0 unspecified atom stereocenters. The predicted molar refractivity (Wildman–Crippen MR) is 108 cm³/mol. The maximum absolute atomic E-state index is 13.1. The topological polar surface area (TPSA) is 52.6 Å². The van der Waals surface area contributed by atoms with Crippen molar-refractivity contribution >= 4 is 11.8 Å². The standard InChI is InChI=1S/C24H22O4/c1-16-4-8-18(9-5-16)22(25)23(19-10-6-17(2)7-11-19)28-24(26)20-12-14-21(27-3)15-13-20/h4-15,23H,1-3H3/t23-/m0/s1. The molecule has 0 radical (unpaired) electrons. The van der Waals surface area contributed by atoms with E-state index in [1.165, 1.54) is 0 Å². The minimum Gasteiger partial charge on any atom is -0.497 e. The lowest BCUT2D eigenvalue weighted by molar-refractivity contribution is 0.0280. The Hall–Kier alpha value is -3.40. The lowest BCUT2D eigenvalue weighted by Gasteiger charge is -2.18. The monoisotopic (exact) mass is 374 g/mol. The molecule has 0 aromatic heterocycles. The van der Waals surface area contributed by atoms with Gasteiger partial charge >= 0.3 is 5.97 Å². The van der Waals surface area contributed by atoms with Crippen molar-refractivity contribution in [1.29, 1.82) is 0 Å². The van der Waals surface area contributed by atoms with Crippen LogP contribution in [0.1, 0.15) is 43.5 Å². The first-order valence-corrected chi connectivity index (χ1v) is 9.00. The average Bonchev–Trinajstić information content (AvgIpc) is 2.73. The summed E-state index contributed by atoms with van der Waals surface area (Å²) in [5, 5.41) is 0. The summed E-state index contributed by atoms with van der Waals surface area (Å²) in [6.07, 6.45) is -1.02. The third-order valence-electron chi connectivity index (χ3n) is 4.50. The number of methoxy groups -OCH3 is 1. The van der Waals surface area contributed by atoms with Gasteiger partial charge in [0.15, 0.2) is 6.10 Å². The fraction of sp³-hybridized carbons (Fsp3) is 0.167. The average molecular weight is 374 g/mol. The molecule has 0 aliphatic carbocycles. The minimum absolute atomic E-state index is 0.259. The lowest BCUT2D eigenvalue weighted by Crippen LogP contribution is -2.20. The van der Waals surface area contributed by atoms with Crippen LogP contribution in [0.15, 0.2) is 72.8 Å². The summed E-state index contributed by atoms with van der Waals surface area (Å²) in [7, 11) is 1.56. The molecule has 0 saturated heterocycles. The van der Waals surface area contributed by atoms with Gasteiger partial charge in [0.25, 0.3) is 0 Å². The van der Waals surface area contributed by atoms with Crippen LogP contribution in [-0.2, 0) is 4.74 Å². The number of carbonyl (C=O) groups is 2. The van der Waals surface area contributed by atoms with Gasteiger partial charge in [0.1, 0.15) is 5.75 Å². The molecule has 0 saturated carbocycles. The Labute approximate surface area is 164 Å². The summed E-state index contributed by atoms with van der Waals surface area (Å²) in [4.78, 5) is 25.8. The van der Waals surface area contributed by atoms with Crippen LogP contribution in [0.5, 0.6) is 5.75 Å². The first kappa shape index (κ1) is 19.4. The molecule has 28 heavy (non-hydrogen) atoms. The summed E-state index contributed by atoms with van der Waals surface area (Å²) in [5.41, 5.74) is 3.61. The number of hydrogen-bond acceptors (Lipinski definition) is 4. The van der Waals surface area contributed by atoms with Crippen molar-refractivity contribution < 1.29 is 19.1 Å². The van der Waals surface area contributed by atoms with E-state index < -0.39 is 12.1 Å². The number of Topliss-reactive ketones (excluding diaryl/α,β-unsaturated/α-hetero) is 1. The van der Waals surface area contributed by atoms with Crippen LogP contribution in [0.4, 0.5) is 0 Å². The van der Waals surface area contributed by atoms with E-state index in [9.17, 15) is 9.59 Å². The molecule has 0 N–H and O–H groups in total. The Bertz CT molecular complexity index is 955. The van der Waals surface area contributed by atoms with Gasteiger partial charge in [-0.3, -0.25) is 4.79 Å². The fourth-order valence-electron chi connectivity index (χ4n) is 2.79. The van der Waals surface area contributed by atoms with Crippen molar-refractivity contribution in [2.45, 2.75) is 20.0 Å². The molecule has 142 valence electrons. The Kier molecular flexibility index (Phi) is 5.90. The van der Waals surface area contributed by atoms with Gasteiger partial charge in [-0.25, -0.2) is 4.79 Å². The van der Waals surface area contributed by atoms with Gasteiger partial charge in [0.05, 0.1) is 12.7 Å². The van der Waals surface area contributed by atoms with E-state index >= 15 is 0 Å². The van der Waals surface area contributed by atoms with Crippen LogP contribution in [0.25, 0.3) is 0 Å². The Morgan fingerprint density at radius 2 is 1.21 bits per heavy atom. The minimum atomic E-state index is -1.02. The van der Waals surface area contributed by atoms with E-state index in [0.717, 1.165) is 11.1 Å². The quantitative estimate of drug-likeness (QED) is 0.445. The molecule has 3 rings (SSSR count). The van der Waals surface area contributed by atoms with E-state index in [1.54, 1.807) is 43.5 Å². The molecule has 0 heterocycles. The van der Waals surface area contributed by atoms with Gasteiger partial charge in [0, 0.05) is 11.1 Å². The number of rotatable bonds is 6. The van der Waals surface area contributed by atoms with Crippen LogP contribution in [0.2, 0.25) is 0 Å². The van der Waals surface area contributed by atoms with Crippen LogP contribution in [0, 0.1) is 13.8 Å². The number of ketones is 1. The van der Waals surface area contributed by atoms with E-state index in [2.05, 4.69) is 0 Å². The zero-order chi connectivity index (χ0) is 20.1. The first-order valence-electron chi connectivity index (χ1n) is 9.00. The number of esters is 1. The highest BCUT2D eigenvalue weighted by Gasteiger charge is 2.26. The largest absolute Gasteiger partial charge is 0.497 e. The van der Waals surface area contributed by atoms with Crippen LogP contribution < -0.4 is 4.74 Å². The van der Waals surface area contributed by atoms with Crippen molar-refractivity contribution in [3.05, 3.63) is 101 Å². The molecule has 0 bridgehead atoms. The van der Waals surface area contributed by atoms with Crippen LogP contribution in [-0.4, -0.2) is 18.9 Å². The van der Waals surface area contributed by atoms with E-state index in [0.29, 0.717) is 22.4 Å². The molecule has 4 heteroatoms. The van der Waals surface area contributed by atoms with Crippen molar-refractivity contribution in [2.75, 3.05) is 7.11 Å². The van der Waals surface area contributed by atoms with E-state index in [4.69, 9.17) is 9.47 Å². The fourth-order valence-corrected chi connectivity index (χ4v) is 2.79. The highest BCUT2D eigenvalue weighted by Crippen LogP contribution is 2.25. The van der Waals surface area contributed by atoms with Gasteiger partial charge in [-0.1, -0.05) is 59.7 Å². The predicted octanol–water partition coefficient (Wildman–Crippen LogP) is 5.09. The Morgan fingerprint density at radius 1 is 0.714 bits per heavy atom. The van der Waals surface area contributed by atoms with Crippen LogP contribution in [0.3, 0.4) is 0 Å². The summed E-state index contributed by atoms with van der Waals surface area (Å²) < 4.78 is 10.8. The molecule has 4 nitrogen and oxygen atoms in total. The second-order valence-electron chi connectivity index (χ2n) is 6.65. The van der Waals surface area contributed by atoms with E-state index in [1.807, 2.05) is 50.2 Å². The number of ether oxygens (including phenoxy) is 2. The summed E-state index contributed by atoms with van der Waals surface area (Å²) >= 11 is 0. The van der Waals surface area contributed by atoms with E-state index in [-0.39, 0.29) is 5.78 Å². The maximum atomic E-state index is 13.1. The molecule has 1 atom stereocenters. The van der Waals surface area contributed by atoms with Gasteiger partial charge in [-0.2, -0.15) is 0 Å².